The van der Waals surface area contributed by atoms with E-state index in [9.17, 15) is 0 Å². The molecule has 0 saturated heterocycles. The molecule has 0 N–H and O–H groups in total. The van der Waals surface area contributed by atoms with Crippen LogP contribution in [-0.2, 0) is 13.6 Å². The third kappa shape index (κ3) is 14.5. The molecule has 0 spiro atoms. The maximum atomic E-state index is 5.03. The van der Waals surface area contributed by atoms with Crippen molar-refractivity contribution in [2.24, 2.45) is 7.05 Å². The van der Waals surface area contributed by atoms with Gasteiger partial charge in [0.1, 0.15) is 12.4 Å². The molecule has 0 saturated carbocycles. The van der Waals surface area contributed by atoms with Crippen LogP contribution in [0.2, 0.25) is 0 Å². The van der Waals surface area contributed by atoms with Crippen LogP contribution >= 0.6 is 28.5 Å². The Morgan fingerprint density at radius 1 is 1.10 bits per heavy atom. The Morgan fingerprint density at radius 2 is 1.60 bits per heavy atom. The van der Waals surface area contributed by atoms with Crippen LogP contribution in [0.4, 0.5) is 0 Å². The summed E-state index contributed by atoms with van der Waals surface area (Å²) in [6, 6.07) is 0. The van der Waals surface area contributed by atoms with E-state index in [0.29, 0.717) is 0 Å². The fraction of sp³-hybridized carbons (Fsp3) is 0.786. The second kappa shape index (κ2) is 17.0. The van der Waals surface area contributed by atoms with E-state index < -0.39 is 0 Å². The molecule has 0 unspecified atom stereocenters. The fourth-order valence-corrected chi connectivity index (χ4v) is 2.32. The summed E-state index contributed by atoms with van der Waals surface area (Å²) in [5.41, 5.74) is 0. The molecule has 0 fully saturated rings. The monoisotopic (exact) mass is 533 g/mol. The molecular formula is C14H27BrClDyN2S+. The van der Waals surface area contributed by atoms with Crippen LogP contribution in [0, 0.1) is 29.8 Å². The Labute approximate surface area is 155 Å². The summed E-state index contributed by atoms with van der Waals surface area (Å²) in [5.74, 6) is 1.05. The van der Waals surface area contributed by atoms with E-state index in [1.165, 1.54) is 57.9 Å². The van der Waals surface area contributed by atoms with Gasteiger partial charge in [0, 0.05) is 0 Å². The first-order valence-electron chi connectivity index (χ1n) is 7.18. The molecule has 2 nitrogen and oxygen atoms in total. The van der Waals surface area contributed by atoms with E-state index in [-0.39, 0.29) is 29.8 Å². The van der Waals surface area contributed by atoms with E-state index in [1.54, 1.807) is 0 Å². The third-order valence-electron chi connectivity index (χ3n) is 3.15. The summed E-state index contributed by atoms with van der Waals surface area (Å²) >= 11 is 4.09. The third-order valence-corrected chi connectivity index (χ3v) is 3.46. The summed E-state index contributed by atoms with van der Waals surface area (Å²) < 4.78 is 4.37. The first-order chi connectivity index (χ1) is 9.74. The van der Waals surface area contributed by atoms with E-state index in [4.69, 9.17) is 6.31 Å². The molecule has 0 aliphatic heterocycles. The van der Waals surface area contributed by atoms with Crippen molar-refractivity contribution < 1.29 is 34.3 Å². The minimum absolute atomic E-state index is 0.132. The van der Waals surface area contributed by atoms with Crippen LogP contribution in [0.5, 0.6) is 0 Å². The number of hydrogen-bond acceptors (Lipinski definition) is 1. The second-order valence-electron chi connectivity index (χ2n) is 4.91. The molecule has 1 aromatic heterocycles. The van der Waals surface area contributed by atoms with Gasteiger partial charge in [-0.25, -0.2) is 9.13 Å². The zero-order chi connectivity index (χ0) is 15.1. The average Bonchev–Trinajstić information content (AvgIpc) is 2.83. The van der Waals surface area contributed by atoms with Gasteiger partial charge in [-0.15, -0.1) is 0 Å². The molecule has 0 aliphatic rings. The molecule has 0 atom stereocenters. The molecule has 0 radical (unpaired) electrons. The number of unbranched alkanes of at least 4 members (excludes halogenated alkanes) is 7. The van der Waals surface area contributed by atoms with Crippen molar-refractivity contribution in [1.29, 1.82) is 0 Å². The van der Waals surface area contributed by atoms with Gasteiger partial charge in [-0.2, -0.15) is 12.6 Å². The van der Waals surface area contributed by atoms with Crippen molar-refractivity contribution in [3.05, 3.63) is 18.7 Å². The predicted octanol–water partition coefficient (Wildman–Crippen LogP) is 4.90. The molecule has 0 aromatic carbocycles. The fourth-order valence-electron chi connectivity index (χ4n) is 2.10. The normalized spacial score (nSPS) is 10.4. The van der Waals surface area contributed by atoms with Gasteiger partial charge in [-0.3, -0.25) is 0 Å². The predicted molar refractivity (Wildman–Crippen MR) is 91.2 cm³/mol. The molecular weight excluding hydrogens is 506 g/mol. The quantitative estimate of drug-likeness (QED) is 0.249. The van der Waals surface area contributed by atoms with Gasteiger partial charge in [-0.1, -0.05) is 32.1 Å². The Bertz CT molecular complexity index is 313. The Balaban J connectivity index is 0.00000110. The van der Waals surface area contributed by atoms with Crippen LogP contribution in [0.25, 0.3) is 0 Å². The number of nitrogens with zero attached hydrogens (tertiary/aromatic N) is 2. The van der Waals surface area contributed by atoms with Gasteiger partial charge in [0.05, 0.1) is 13.6 Å². The molecule has 0 aliphatic carbocycles. The van der Waals surface area contributed by atoms with Crippen molar-refractivity contribution >= 4 is 28.5 Å². The molecule has 0 bridgehead atoms. The van der Waals surface area contributed by atoms with E-state index in [0.717, 1.165) is 5.75 Å². The van der Waals surface area contributed by atoms with Gasteiger partial charge >= 0.3 is 45.7 Å². The van der Waals surface area contributed by atoms with Gasteiger partial charge in [-0.05, 0) is 25.0 Å². The van der Waals surface area contributed by atoms with E-state index in [2.05, 4.69) is 57.1 Å². The van der Waals surface area contributed by atoms with Crippen molar-refractivity contribution in [3.8, 4) is 0 Å². The van der Waals surface area contributed by atoms with E-state index in [1.807, 2.05) is 0 Å². The first kappa shape index (κ1) is 21.6. The molecule has 1 heterocycles. The topological polar surface area (TPSA) is 8.81 Å². The zero-order valence-corrected chi connectivity index (χ0v) is 17.5. The number of imidazole rings is 1. The summed E-state index contributed by atoms with van der Waals surface area (Å²) in [4.78, 5) is 0. The summed E-state index contributed by atoms with van der Waals surface area (Å²) in [5, 5.41) is 0. The summed E-state index contributed by atoms with van der Waals surface area (Å²) in [7, 11) is 5.09. The van der Waals surface area contributed by atoms with Crippen molar-refractivity contribution in [2.45, 2.75) is 57.9 Å². The summed E-state index contributed by atoms with van der Waals surface area (Å²) in [6.45, 7) is 1.17. The zero-order valence-electron chi connectivity index (χ0n) is 12.2. The van der Waals surface area contributed by atoms with Crippen LogP contribution in [0.3, 0.4) is 0 Å². The van der Waals surface area contributed by atoms with Crippen LogP contribution < -0.4 is 4.57 Å². The van der Waals surface area contributed by atoms with E-state index >= 15 is 0 Å². The maximum absolute atomic E-state index is 5.03. The van der Waals surface area contributed by atoms with Crippen LogP contribution in [-0.4, -0.2) is 10.3 Å². The molecule has 20 heavy (non-hydrogen) atoms. The molecule has 6 heteroatoms. The minimum atomic E-state index is -0.132. The number of rotatable bonds is 10. The standard InChI is InChI=1S/C14H26N2S.BrH.ClH.Dy/c1-15-11-12-16(14-15)10-8-6-4-2-3-5-7-9-13-17;;;/h11-12,14H,2-10,13H2,1H3;2*1H;/q;;;+2/p-1. The second-order valence-corrected chi connectivity index (χ2v) is 10.5. The number of aromatic nitrogens is 2. The Hall–Kier alpha value is 1.60. The van der Waals surface area contributed by atoms with Gasteiger partial charge in [0.2, 0.25) is 6.33 Å². The van der Waals surface area contributed by atoms with Crippen molar-refractivity contribution in [3.63, 3.8) is 0 Å². The Kier molecular flexibility index (Phi) is 18.3. The van der Waals surface area contributed by atoms with Crippen LogP contribution in [0.1, 0.15) is 51.4 Å². The first-order valence-corrected chi connectivity index (χ1v) is 14.8. The summed E-state index contributed by atoms with van der Waals surface area (Å²) in [6.07, 6.45) is 22.4. The number of thiol groups is 1. The molecule has 122 valence electrons. The molecule has 0 amide bonds. The molecule has 1 rings (SSSR count). The average molecular weight is 533 g/mol. The number of halogens is 2. The SMILES string of the molecule is Cn1cc[n+](CCCCCCCCCCS)c1.[Cl][Dy][Br]. The number of hydrogen-bond donors (Lipinski definition) is 1. The van der Waals surface area contributed by atoms with Gasteiger partial charge in [0.15, 0.2) is 0 Å². The van der Waals surface area contributed by atoms with Gasteiger partial charge < -0.3 is 0 Å². The number of aryl methyl sites for hydroxylation is 2. The van der Waals surface area contributed by atoms with Crippen molar-refractivity contribution in [1.82, 2.24) is 4.57 Å². The van der Waals surface area contributed by atoms with Crippen LogP contribution in [0.15, 0.2) is 18.7 Å². The molecule has 1 aromatic rings. The Morgan fingerprint density at radius 3 is 2.05 bits per heavy atom. The van der Waals surface area contributed by atoms with Crippen molar-refractivity contribution in [2.75, 3.05) is 5.75 Å². The van der Waals surface area contributed by atoms with Gasteiger partial charge in [0.25, 0.3) is 0 Å².